The maximum atomic E-state index is 5.69. The van der Waals surface area contributed by atoms with Gasteiger partial charge >= 0.3 is 0 Å². The molecule has 0 unspecified atom stereocenters. The number of halogens is 1. The van der Waals surface area contributed by atoms with Gasteiger partial charge in [-0.3, -0.25) is 0 Å². The summed E-state index contributed by atoms with van der Waals surface area (Å²) in [6.07, 6.45) is 1.85. The van der Waals surface area contributed by atoms with Gasteiger partial charge in [-0.1, -0.05) is 29.8 Å². The van der Waals surface area contributed by atoms with Crippen LogP contribution in [0.3, 0.4) is 0 Å². The number of nitrogens with one attached hydrogen (secondary N) is 1. The van der Waals surface area contributed by atoms with Crippen LogP contribution < -0.4 is 5.32 Å². The second-order valence-corrected chi connectivity index (χ2v) is 5.23. The Labute approximate surface area is 104 Å². The number of rotatable bonds is 3. The lowest BCUT2D eigenvalue weighted by atomic mass is 10.00. The van der Waals surface area contributed by atoms with Gasteiger partial charge < -0.3 is 9.73 Å². The Morgan fingerprint density at radius 3 is 2.75 bits per heavy atom. The Morgan fingerprint density at radius 1 is 1.38 bits per heavy atom. The SMILES string of the molecule is CNCc1coc2c(C(C)C)cc(Br)cc12. The average molecular weight is 282 g/mol. The van der Waals surface area contributed by atoms with E-state index in [-0.39, 0.29) is 0 Å². The zero-order chi connectivity index (χ0) is 11.7. The largest absolute Gasteiger partial charge is 0.464 e. The predicted octanol–water partition coefficient (Wildman–Crippen LogP) is 4.04. The Bertz CT molecular complexity index is 502. The zero-order valence-corrected chi connectivity index (χ0v) is 11.4. The van der Waals surface area contributed by atoms with Crippen molar-refractivity contribution in [2.75, 3.05) is 7.05 Å². The Hall–Kier alpha value is -0.800. The molecule has 0 saturated carbocycles. The zero-order valence-electron chi connectivity index (χ0n) is 9.80. The van der Waals surface area contributed by atoms with Gasteiger partial charge in [-0.15, -0.1) is 0 Å². The second kappa shape index (κ2) is 4.60. The molecule has 2 rings (SSSR count). The quantitative estimate of drug-likeness (QED) is 0.919. The van der Waals surface area contributed by atoms with Crippen molar-refractivity contribution in [3.05, 3.63) is 34.0 Å². The molecule has 0 amide bonds. The summed E-state index contributed by atoms with van der Waals surface area (Å²) in [4.78, 5) is 0. The third kappa shape index (κ3) is 2.02. The monoisotopic (exact) mass is 281 g/mol. The molecule has 86 valence electrons. The van der Waals surface area contributed by atoms with Crippen molar-refractivity contribution >= 4 is 26.9 Å². The fourth-order valence-corrected chi connectivity index (χ4v) is 2.41. The third-order valence-electron chi connectivity index (χ3n) is 2.74. The lowest BCUT2D eigenvalue weighted by molar-refractivity contribution is 0.599. The molecule has 2 nitrogen and oxygen atoms in total. The van der Waals surface area contributed by atoms with Crippen LogP contribution in [0.5, 0.6) is 0 Å². The molecule has 2 aromatic rings. The lowest BCUT2D eigenvalue weighted by Crippen LogP contribution is -2.04. The first-order valence-electron chi connectivity index (χ1n) is 5.47. The van der Waals surface area contributed by atoms with Gasteiger partial charge in [0.1, 0.15) is 5.58 Å². The highest BCUT2D eigenvalue weighted by atomic mass is 79.9. The van der Waals surface area contributed by atoms with Gasteiger partial charge in [0.05, 0.1) is 6.26 Å². The van der Waals surface area contributed by atoms with E-state index < -0.39 is 0 Å². The van der Waals surface area contributed by atoms with Crippen LogP contribution in [0.25, 0.3) is 11.0 Å². The number of fused-ring (bicyclic) bond motifs is 1. The van der Waals surface area contributed by atoms with Crippen LogP contribution in [0.2, 0.25) is 0 Å². The predicted molar refractivity (Wildman–Crippen MR) is 70.8 cm³/mol. The smallest absolute Gasteiger partial charge is 0.137 e. The van der Waals surface area contributed by atoms with Crippen LogP contribution in [0.15, 0.2) is 27.3 Å². The van der Waals surface area contributed by atoms with Crippen molar-refractivity contribution in [1.82, 2.24) is 5.32 Å². The molecular weight excluding hydrogens is 266 g/mol. The summed E-state index contributed by atoms with van der Waals surface area (Å²) in [6, 6.07) is 4.26. The van der Waals surface area contributed by atoms with E-state index in [1.165, 1.54) is 16.5 Å². The first-order chi connectivity index (χ1) is 7.63. The third-order valence-corrected chi connectivity index (χ3v) is 3.19. The molecule has 0 bridgehead atoms. The number of benzene rings is 1. The van der Waals surface area contributed by atoms with Crippen LogP contribution >= 0.6 is 15.9 Å². The first-order valence-corrected chi connectivity index (χ1v) is 6.27. The van der Waals surface area contributed by atoms with Gasteiger partial charge in [-0.05, 0) is 30.7 Å². The van der Waals surface area contributed by atoms with Gasteiger partial charge in [-0.25, -0.2) is 0 Å². The maximum Gasteiger partial charge on any atom is 0.137 e. The van der Waals surface area contributed by atoms with Crippen LogP contribution in [-0.4, -0.2) is 7.05 Å². The van der Waals surface area contributed by atoms with E-state index in [1.807, 2.05) is 13.3 Å². The van der Waals surface area contributed by atoms with E-state index in [4.69, 9.17) is 4.42 Å². The highest BCUT2D eigenvalue weighted by Gasteiger charge is 2.13. The standard InChI is InChI=1S/C13H16BrNO/c1-8(2)11-4-10(14)5-12-9(6-15-3)7-16-13(11)12/h4-5,7-8,15H,6H2,1-3H3. The topological polar surface area (TPSA) is 25.2 Å². The minimum Gasteiger partial charge on any atom is -0.464 e. The first kappa shape index (κ1) is 11.7. The van der Waals surface area contributed by atoms with Crippen LogP contribution in [0.4, 0.5) is 0 Å². The van der Waals surface area contributed by atoms with Gasteiger partial charge in [0.2, 0.25) is 0 Å². The van der Waals surface area contributed by atoms with E-state index in [2.05, 4.69) is 47.2 Å². The van der Waals surface area contributed by atoms with Gasteiger partial charge in [0.25, 0.3) is 0 Å². The molecule has 1 heterocycles. The molecule has 0 aliphatic carbocycles. The van der Waals surface area contributed by atoms with Gasteiger partial charge in [-0.2, -0.15) is 0 Å². The molecule has 0 saturated heterocycles. The molecule has 0 spiro atoms. The Morgan fingerprint density at radius 2 is 2.12 bits per heavy atom. The summed E-state index contributed by atoms with van der Waals surface area (Å²) in [5.74, 6) is 0.466. The summed E-state index contributed by atoms with van der Waals surface area (Å²) in [7, 11) is 1.94. The van der Waals surface area contributed by atoms with E-state index in [0.29, 0.717) is 5.92 Å². The fourth-order valence-electron chi connectivity index (χ4n) is 1.93. The highest BCUT2D eigenvalue weighted by Crippen LogP contribution is 2.32. The molecule has 1 N–H and O–H groups in total. The molecule has 16 heavy (non-hydrogen) atoms. The summed E-state index contributed by atoms with van der Waals surface area (Å²) in [5, 5.41) is 4.36. The summed E-state index contributed by atoms with van der Waals surface area (Å²) < 4.78 is 6.80. The van der Waals surface area contributed by atoms with Crippen LogP contribution in [0.1, 0.15) is 30.9 Å². The van der Waals surface area contributed by atoms with E-state index in [0.717, 1.165) is 16.6 Å². The van der Waals surface area contributed by atoms with Crippen LogP contribution in [0, 0.1) is 0 Å². The van der Waals surface area contributed by atoms with E-state index >= 15 is 0 Å². The molecule has 0 aliphatic heterocycles. The number of hydrogen-bond acceptors (Lipinski definition) is 2. The molecule has 0 radical (unpaired) electrons. The number of furan rings is 1. The van der Waals surface area contributed by atoms with E-state index in [9.17, 15) is 0 Å². The molecule has 1 aromatic heterocycles. The highest BCUT2D eigenvalue weighted by molar-refractivity contribution is 9.10. The molecular formula is C13H16BrNO. The molecule has 0 aliphatic rings. The lowest BCUT2D eigenvalue weighted by Gasteiger charge is -2.07. The molecule has 0 atom stereocenters. The van der Waals surface area contributed by atoms with Crippen molar-refractivity contribution in [1.29, 1.82) is 0 Å². The molecule has 0 fully saturated rings. The normalized spacial score (nSPS) is 11.6. The Balaban J connectivity index is 2.65. The number of hydrogen-bond donors (Lipinski definition) is 1. The summed E-state index contributed by atoms with van der Waals surface area (Å²) in [5.41, 5.74) is 3.48. The van der Waals surface area contributed by atoms with Gasteiger partial charge in [0, 0.05) is 22.0 Å². The summed E-state index contributed by atoms with van der Waals surface area (Å²) in [6.45, 7) is 5.20. The van der Waals surface area contributed by atoms with E-state index in [1.54, 1.807) is 0 Å². The molecule has 3 heteroatoms. The van der Waals surface area contributed by atoms with Crippen molar-refractivity contribution < 1.29 is 4.42 Å². The fraction of sp³-hybridized carbons (Fsp3) is 0.385. The second-order valence-electron chi connectivity index (χ2n) is 4.32. The molecule has 1 aromatic carbocycles. The van der Waals surface area contributed by atoms with Crippen molar-refractivity contribution in [2.24, 2.45) is 0 Å². The van der Waals surface area contributed by atoms with Crippen molar-refractivity contribution in [3.8, 4) is 0 Å². The minimum atomic E-state index is 0.466. The van der Waals surface area contributed by atoms with Crippen molar-refractivity contribution in [2.45, 2.75) is 26.3 Å². The van der Waals surface area contributed by atoms with Crippen LogP contribution in [-0.2, 0) is 6.54 Å². The maximum absolute atomic E-state index is 5.69. The minimum absolute atomic E-state index is 0.466. The average Bonchev–Trinajstić information content (AvgIpc) is 2.61. The van der Waals surface area contributed by atoms with Crippen molar-refractivity contribution in [3.63, 3.8) is 0 Å². The van der Waals surface area contributed by atoms with Gasteiger partial charge in [0.15, 0.2) is 0 Å². The summed E-state index contributed by atoms with van der Waals surface area (Å²) >= 11 is 3.56. The Kier molecular flexibility index (Phi) is 3.36.